The van der Waals surface area contributed by atoms with E-state index in [4.69, 9.17) is 0 Å². The molecule has 1 aliphatic heterocycles. The van der Waals surface area contributed by atoms with Gasteiger partial charge in [-0.2, -0.15) is 0 Å². The van der Waals surface area contributed by atoms with Crippen LogP contribution < -0.4 is 0 Å². The molecule has 0 saturated carbocycles. The predicted octanol–water partition coefficient (Wildman–Crippen LogP) is 3.73. The van der Waals surface area contributed by atoms with Crippen LogP contribution in [0, 0.1) is 5.41 Å². The molecule has 1 amide bonds. The number of carboxylic acid groups (broad SMARTS) is 1. The van der Waals surface area contributed by atoms with E-state index in [0.29, 0.717) is 25.9 Å². The second kappa shape index (κ2) is 7.73. The van der Waals surface area contributed by atoms with Crippen molar-refractivity contribution < 1.29 is 14.7 Å². The maximum atomic E-state index is 12.9. The summed E-state index contributed by atoms with van der Waals surface area (Å²) in [7, 11) is 0. The third-order valence-corrected chi connectivity index (χ3v) is 5.36. The molecule has 2 aromatic rings. The van der Waals surface area contributed by atoms with E-state index in [1.54, 1.807) is 11.8 Å². The van der Waals surface area contributed by atoms with Gasteiger partial charge in [-0.15, -0.1) is 0 Å². The molecule has 0 aromatic heterocycles. The molecule has 1 saturated heterocycles. The van der Waals surface area contributed by atoms with Gasteiger partial charge in [-0.05, 0) is 36.8 Å². The highest BCUT2D eigenvalue weighted by Gasteiger charge is 2.42. The van der Waals surface area contributed by atoms with Gasteiger partial charge >= 0.3 is 5.97 Å². The Kier molecular flexibility index (Phi) is 5.40. The zero-order chi connectivity index (χ0) is 18.6. The highest BCUT2D eigenvalue weighted by molar-refractivity contribution is 5.81. The Labute approximate surface area is 154 Å². The van der Waals surface area contributed by atoms with Gasteiger partial charge in [0.15, 0.2) is 0 Å². The lowest BCUT2D eigenvalue weighted by Gasteiger charge is -2.23. The smallest absolute Gasteiger partial charge is 0.311 e. The van der Waals surface area contributed by atoms with Crippen LogP contribution in [-0.4, -0.2) is 35.0 Å². The van der Waals surface area contributed by atoms with Crippen LogP contribution in [0.4, 0.5) is 0 Å². The van der Waals surface area contributed by atoms with Gasteiger partial charge in [-0.3, -0.25) is 9.59 Å². The molecular weight excluding hydrogens is 326 g/mol. The van der Waals surface area contributed by atoms with Crippen molar-refractivity contribution in [3.63, 3.8) is 0 Å². The summed E-state index contributed by atoms with van der Waals surface area (Å²) in [6, 6.07) is 20.3. The molecule has 4 heteroatoms. The predicted molar refractivity (Wildman–Crippen MR) is 101 cm³/mol. The van der Waals surface area contributed by atoms with Crippen LogP contribution in [0.3, 0.4) is 0 Å². The Morgan fingerprint density at radius 2 is 1.69 bits per heavy atom. The molecule has 4 nitrogen and oxygen atoms in total. The Bertz CT molecular complexity index is 759. The quantitative estimate of drug-likeness (QED) is 0.863. The van der Waals surface area contributed by atoms with Crippen LogP contribution in [0.1, 0.15) is 36.8 Å². The minimum atomic E-state index is -0.823. The lowest BCUT2D eigenvalue weighted by molar-refractivity contribution is -0.147. The Morgan fingerprint density at radius 1 is 1.08 bits per heavy atom. The van der Waals surface area contributed by atoms with Gasteiger partial charge in [0.1, 0.15) is 0 Å². The second-order valence-corrected chi connectivity index (χ2v) is 7.43. The maximum absolute atomic E-state index is 12.9. The molecule has 0 aliphatic carbocycles. The summed E-state index contributed by atoms with van der Waals surface area (Å²) >= 11 is 0. The number of carboxylic acids is 1. The summed E-state index contributed by atoms with van der Waals surface area (Å²) in [5.74, 6) is -0.695. The summed E-state index contributed by atoms with van der Waals surface area (Å²) in [6.07, 6.45) is 1.71. The van der Waals surface area contributed by atoms with Crippen molar-refractivity contribution in [1.29, 1.82) is 0 Å². The third kappa shape index (κ3) is 4.13. The number of nitrogens with zero attached hydrogens (tertiary/aromatic N) is 1. The number of carbonyl (C=O) groups excluding carboxylic acids is 1. The lowest BCUT2D eigenvalue weighted by Crippen LogP contribution is -2.35. The van der Waals surface area contributed by atoms with Gasteiger partial charge in [0.05, 0.1) is 5.41 Å². The SMILES string of the molecule is CC1(C(=O)O)CCN(C(=O)CC(Cc2ccccc2)c2ccccc2)C1. The number of amides is 1. The minimum Gasteiger partial charge on any atom is -0.481 e. The van der Waals surface area contributed by atoms with Crippen LogP contribution in [0.5, 0.6) is 0 Å². The molecule has 0 bridgehead atoms. The molecule has 1 heterocycles. The zero-order valence-corrected chi connectivity index (χ0v) is 15.1. The molecule has 2 aromatic carbocycles. The largest absolute Gasteiger partial charge is 0.481 e. The first-order chi connectivity index (χ1) is 12.5. The fourth-order valence-electron chi connectivity index (χ4n) is 3.62. The highest BCUT2D eigenvalue weighted by Crippen LogP contribution is 2.32. The number of rotatable bonds is 6. The van der Waals surface area contributed by atoms with Crippen molar-refractivity contribution in [2.24, 2.45) is 5.41 Å². The van der Waals surface area contributed by atoms with Crippen LogP contribution in [0.2, 0.25) is 0 Å². The van der Waals surface area contributed by atoms with E-state index in [1.807, 2.05) is 36.4 Å². The summed E-state index contributed by atoms with van der Waals surface area (Å²) in [4.78, 5) is 26.0. The van der Waals surface area contributed by atoms with Gasteiger partial charge in [-0.1, -0.05) is 60.7 Å². The molecule has 0 spiro atoms. The monoisotopic (exact) mass is 351 g/mol. The molecule has 2 atom stereocenters. The van der Waals surface area contributed by atoms with Crippen LogP contribution in [0.15, 0.2) is 60.7 Å². The van der Waals surface area contributed by atoms with Crippen LogP contribution in [-0.2, 0) is 16.0 Å². The van der Waals surface area contributed by atoms with Crippen molar-refractivity contribution in [1.82, 2.24) is 4.90 Å². The number of aliphatic carboxylic acids is 1. The molecule has 1 aliphatic rings. The number of likely N-dealkylation sites (tertiary alicyclic amines) is 1. The minimum absolute atomic E-state index is 0.0414. The lowest BCUT2D eigenvalue weighted by atomic mass is 9.88. The van der Waals surface area contributed by atoms with E-state index < -0.39 is 11.4 Å². The summed E-state index contributed by atoms with van der Waals surface area (Å²) in [5, 5.41) is 9.39. The molecule has 3 rings (SSSR count). The average molecular weight is 351 g/mol. The normalized spacial score (nSPS) is 20.7. The first-order valence-electron chi connectivity index (χ1n) is 9.08. The Hall–Kier alpha value is -2.62. The standard InChI is InChI=1S/C22H25NO3/c1-22(21(25)26)12-13-23(16-22)20(24)15-19(18-10-6-3-7-11-18)14-17-8-4-2-5-9-17/h2-11,19H,12-16H2,1H3,(H,25,26). The molecule has 0 radical (unpaired) electrons. The molecule has 136 valence electrons. The van der Waals surface area contributed by atoms with Gasteiger partial charge in [0.2, 0.25) is 5.91 Å². The molecule has 2 unspecified atom stereocenters. The van der Waals surface area contributed by atoms with Gasteiger partial charge in [0, 0.05) is 19.5 Å². The van der Waals surface area contributed by atoms with Gasteiger partial charge in [0.25, 0.3) is 0 Å². The van der Waals surface area contributed by atoms with Crippen molar-refractivity contribution in [3.05, 3.63) is 71.8 Å². The van der Waals surface area contributed by atoms with Gasteiger partial charge in [-0.25, -0.2) is 0 Å². The first kappa shape index (κ1) is 18.2. The number of hydrogen-bond acceptors (Lipinski definition) is 2. The van der Waals surface area contributed by atoms with Crippen molar-refractivity contribution in [2.45, 2.75) is 32.1 Å². The number of carbonyl (C=O) groups is 2. The fourth-order valence-corrected chi connectivity index (χ4v) is 3.62. The second-order valence-electron chi connectivity index (χ2n) is 7.43. The Morgan fingerprint density at radius 3 is 2.27 bits per heavy atom. The molecule has 1 N–H and O–H groups in total. The van der Waals surface area contributed by atoms with E-state index in [-0.39, 0.29) is 11.8 Å². The summed E-state index contributed by atoms with van der Waals surface area (Å²) in [6.45, 7) is 2.55. The number of benzene rings is 2. The van der Waals surface area contributed by atoms with E-state index in [2.05, 4.69) is 24.3 Å². The topological polar surface area (TPSA) is 57.6 Å². The van der Waals surface area contributed by atoms with Crippen molar-refractivity contribution in [3.8, 4) is 0 Å². The van der Waals surface area contributed by atoms with Crippen molar-refractivity contribution >= 4 is 11.9 Å². The average Bonchev–Trinajstić information content (AvgIpc) is 3.07. The van der Waals surface area contributed by atoms with E-state index in [1.165, 1.54) is 5.56 Å². The van der Waals surface area contributed by atoms with E-state index >= 15 is 0 Å². The number of hydrogen-bond donors (Lipinski definition) is 1. The fraction of sp³-hybridized carbons (Fsp3) is 0.364. The van der Waals surface area contributed by atoms with E-state index in [0.717, 1.165) is 12.0 Å². The van der Waals surface area contributed by atoms with Crippen LogP contribution in [0.25, 0.3) is 0 Å². The molecule has 26 heavy (non-hydrogen) atoms. The first-order valence-corrected chi connectivity index (χ1v) is 9.08. The summed E-state index contributed by atoms with van der Waals surface area (Å²) in [5.41, 5.74) is 1.52. The summed E-state index contributed by atoms with van der Waals surface area (Å²) < 4.78 is 0. The zero-order valence-electron chi connectivity index (χ0n) is 15.1. The molecular formula is C22H25NO3. The van der Waals surface area contributed by atoms with Gasteiger partial charge < -0.3 is 10.0 Å². The van der Waals surface area contributed by atoms with Crippen molar-refractivity contribution in [2.75, 3.05) is 13.1 Å². The van der Waals surface area contributed by atoms with Crippen LogP contribution >= 0.6 is 0 Å². The third-order valence-electron chi connectivity index (χ3n) is 5.36. The Balaban J connectivity index is 1.74. The highest BCUT2D eigenvalue weighted by atomic mass is 16.4. The molecule has 1 fully saturated rings. The van der Waals surface area contributed by atoms with E-state index in [9.17, 15) is 14.7 Å². The maximum Gasteiger partial charge on any atom is 0.311 e.